The van der Waals surface area contributed by atoms with E-state index in [2.05, 4.69) is 4.98 Å². The molecule has 1 heterocycles. The third-order valence-electron chi connectivity index (χ3n) is 3.15. The Balaban J connectivity index is 1.92. The fourth-order valence-corrected chi connectivity index (χ4v) is 2.18. The Kier molecular flexibility index (Phi) is 3.13. The number of imidazole rings is 1. The summed E-state index contributed by atoms with van der Waals surface area (Å²) in [6.07, 6.45) is 3.70. The number of nitrogen functional groups attached to an aromatic ring is 1. The van der Waals surface area contributed by atoms with Crippen molar-refractivity contribution in [2.24, 2.45) is 0 Å². The van der Waals surface area contributed by atoms with Gasteiger partial charge in [0.05, 0.1) is 0 Å². The SMILES string of the molecule is Nc1ccc(-c2nccn2Cc2cccc(O)c2)cc1. The van der Waals surface area contributed by atoms with Crippen LogP contribution in [0.5, 0.6) is 5.75 Å². The topological polar surface area (TPSA) is 64.1 Å². The fourth-order valence-electron chi connectivity index (χ4n) is 2.18. The number of phenolic OH excluding ortho intramolecular Hbond substituents is 1. The molecule has 0 spiro atoms. The van der Waals surface area contributed by atoms with E-state index in [1.807, 2.05) is 47.2 Å². The predicted molar refractivity (Wildman–Crippen MR) is 79.3 cm³/mol. The predicted octanol–water partition coefficient (Wildman–Crippen LogP) is 2.89. The summed E-state index contributed by atoms with van der Waals surface area (Å²) in [6, 6.07) is 14.9. The molecule has 100 valence electrons. The molecule has 3 aromatic rings. The molecule has 0 saturated carbocycles. The number of nitrogens with two attached hydrogens (primary N) is 1. The molecule has 0 bridgehead atoms. The average Bonchev–Trinajstić information content (AvgIpc) is 2.88. The van der Waals surface area contributed by atoms with E-state index in [1.165, 1.54) is 0 Å². The van der Waals surface area contributed by atoms with Crippen LogP contribution in [0, 0.1) is 0 Å². The van der Waals surface area contributed by atoms with E-state index < -0.39 is 0 Å². The van der Waals surface area contributed by atoms with Crippen LogP contribution in [0.4, 0.5) is 5.69 Å². The monoisotopic (exact) mass is 265 g/mol. The minimum Gasteiger partial charge on any atom is -0.508 e. The van der Waals surface area contributed by atoms with Gasteiger partial charge < -0.3 is 15.4 Å². The van der Waals surface area contributed by atoms with E-state index in [4.69, 9.17) is 5.73 Å². The molecule has 0 aliphatic carbocycles. The first kappa shape index (κ1) is 12.3. The van der Waals surface area contributed by atoms with Gasteiger partial charge >= 0.3 is 0 Å². The highest BCUT2D eigenvalue weighted by Gasteiger charge is 2.06. The Hall–Kier alpha value is -2.75. The zero-order chi connectivity index (χ0) is 13.9. The van der Waals surface area contributed by atoms with Crippen LogP contribution in [0.3, 0.4) is 0 Å². The summed E-state index contributed by atoms with van der Waals surface area (Å²) in [5.41, 5.74) is 8.48. The molecule has 0 aliphatic heterocycles. The molecular weight excluding hydrogens is 250 g/mol. The highest BCUT2D eigenvalue weighted by Crippen LogP contribution is 2.20. The average molecular weight is 265 g/mol. The standard InChI is InChI=1S/C16H15N3O/c17-14-6-4-13(5-7-14)16-18-8-9-19(16)11-12-2-1-3-15(20)10-12/h1-10,20H,11,17H2. The van der Waals surface area contributed by atoms with E-state index in [9.17, 15) is 5.11 Å². The van der Waals surface area contributed by atoms with Gasteiger partial charge in [0.25, 0.3) is 0 Å². The van der Waals surface area contributed by atoms with Crippen LogP contribution < -0.4 is 5.73 Å². The summed E-state index contributed by atoms with van der Waals surface area (Å²) in [5.74, 6) is 1.16. The molecule has 3 N–H and O–H groups in total. The number of rotatable bonds is 3. The summed E-state index contributed by atoms with van der Waals surface area (Å²) >= 11 is 0. The van der Waals surface area contributed by atoms with E-state index in [1.54, 1.807) is 18.3 Å². The molecule has 4 heteroatoms. The summed E-state index contributed by atoms with van der Waals surface area (Å²) in [4.78, 5) is 4.39. The number of phenols is 1. The largest absolute Gasteiger partial charge is 0.508 e. The zero-order valence-electron chi connectivity index (χ0n) is 10.9. The highest BCUT2D eigenvalue weighted by molar-refractivity contribution is 5.59. The van der Waals surface area contributed by atoms with E-state index in [0.29, 0.717) is 6.54 Å². The molecule has 0 saturated heterocycles. The van der Waals surface area contributed by atoms with Crippen LogP contribution in [-0.2, 0) is 6.54 Å². The van der Waals surface area contributed by atoms with Gasteiger partial charge in [0.2, 0.25) is 0 Å². The van der Waals surface area contributed by atoms with Gasteiger partial charge in [-0.05, 0) is 42.0 Å². The summed E-state index contributed by atoms with van der Waals surface area (Å²) < 4.78 is 2.04. The third-order valence-corrected chi connectivity index (χ3v) is 3.15. The van der Waals surface area contributed by atoms with E-state index in [-0.39, 0.29) is 5.75 Å². The van der Waals surface area contributed by atoms with Crippen LogP contribution in [0.15, 0.2) is 60.9 Å². The van der Waals surface area contributed by atoms with Crippen LogP contribution in [0.2, 0.25) is 0 Å². The summed E-state index contributed by atoms with van der Waals surface area (Å²) in [7, 11) is 0. The minimum atomic E-state index is 0.275. The molecular formula is C16H15N3O. The summed E-state index contributed by atoms with van der Waals surface area (Å²) in [5, 5.41) is 9.52. The van der Waals surface area contributed by atoms with Crippen molar-refractivity contribution in [3.63, 3.8) is 0 Å². The number of aromatic hydroxyl groups is 1. The van der Waals surface area contributed by atoms with Gasteiger partial charge in [0, 0.05) is 30.2 Å². The molecule has 3 rings (SSSR count). The first-order chi connectivity index (χ1) is 9.72. The van der Waals surface area contributed by atoms with Crippen molar-refractivity contribution in [3.05, 3.63) is 66.5 Å². The second-order valence-corrected chi connectivity index (χ2v) is 4.67. The molecule has 1 aromatic heterocycles. The van der Waals surface area contributed by atoms with Crippen molar-refractivity contribution in [3.8, 4) is 17.1 Å². The van der Waals surface area contributed by atoms with Gasteiger partial charge in [-0.3, -0.25) is 0 Å². The van der Waals surface area contributed by atoms with Gasteiger partial charge in [-0.25, -0.2) is 4.98 Å². The molecule has 0 aliphatic rings. The van der Waals surface area contributed by atoms with Gasteiger partial charge in [-0.2, -0.15) is 0 Å². The molecule has 0 fully saturated rings. The van der Waals surface area contributed by atoms with Crippen molar-refractivity contribution in [1.82, 2.24) is 9.55 Å². The maximum absolute atomic E-state index is 9.52. The first-order valence-corrected chi connectivity index (χ1v) is 6.37. The molecule has 0 unspecified atom stereocenters. The quantitative estimate of drug-likeness (QED) is 0.716. The van der Waals surface area contributed by atoms with Gasteiger partial charge in [0.15, 0.2) is 0 Å². The number of aromatic nitrogens is 2. The van der Waals surface area contributed by atoms with E-state index in [0.717, 1.165) is 22.6 Å². The molecule has 0 atom stereocenters. The number of anilines is 1. The van der Waals surface area contributed by atoms with Crippen molar-refractivity contribution >= 4 is 5.69 Å². The first-order valence-electron chi connectivity index (χ1n) is 6.37. The Labute approximate surface area is 117 Å². The second kappa shape index (κ2) is 5.09. The maximum Gasteiger partial charge on any atom is 0.140 e. The molecule has 0 radical (unpaired) electrons. The lowest BCUT2D eigenvalue weighted by molar-refractivity contribution is 0.474. The Morgan fingerprint density at radius 1 is 1.10 bits per heavy atom. The summed E-state index contributed by atoms with van der Waals surface area (Å²) in [6.45, 7) is 0.661. The maximum atomic E-state index is 9.52. The van der Waals surface area contributed by atoms with Gasteiger partial charge in [0.1, 0.15) is 11.6 Å². The van der Waals surface area contributed by atoms with Crippen LogP contribution in [0.1, 0.15) is 5.56 Å². The number of nitrogens with zero attached hydrogens (tertiary/aromatic N) is 2. The smallest absolute Gasteiger partial charge is 0.140 e. The van der Waals surface area contributed by atoms with Crippen molar-refractivity contribution in [2.45, 2.75) is 6.54 Å². The Bertz CT molecular complexity index is 717. The van der Waals surface area contributed by atoms with Crippen LogP contribution in [-0.4, -0.2) is 14.7 Å². The third kappa shape index (κ3) is 2.49. The Morgan fingerprint density at radius 2 is 1.90 bits per heavy atom. The highest BCUT2D eigenvalue weighted by atomic mass is 16.3. The van der Waals surface area contributed by atoms with E-state index >= 15 is 0 Å². The molecule has 4 nitrogen and oxygen atoms in total. The van der Waals surface area contributed by atoms with Crippen LogP contribution >= 0.6 is 0 Å². The number of benzene rings is 2. The van der Waals surface area contributed by atoms with Gasteiger partial charge in [-0.15, -0.1) is 0 Å². The van der Waals surface area contributed by atoms with Crippen LogP contribution in [0.25, 0.3) is 11.4 Å². The normalized spacial score (nSPS) is 10.6. The minimum absolute atomic E-state index is 0.275. The van der Waals surface area contributed by atoms with Crippen molar-refractivity contribution < 1.29 is 5.11 Å². The lowest BCUT2D eigenvalue weighted by Crippen LogP contribution is -2.01. The lowest BCUT2D eigenvalue weighted by atomic mass is 10.2. The van der Waals surface area contributed by atoms with Crippen molar-refractivity contribution in [2.75, 3.05) is 5.73 Å². The van der Waals surface area contributed by atoms with Gasteiger partial charge in [-0.1, -0.05) is 12.1 Å². The van der Waals surface area contributed by atoms with Crippen molar-refractivity contribution in [1.29, 1.82) is 0 Å². The zero-order valence-corrected chi connectivity index (χ0v) is 10.9. The second-order valence-electron chi connectivity index (χ2n) is 4.67. The molecule has 2 aromatic carbocycles. The molecule has 20 heavy (non-hydrogen) atoms. The lowest BCUT2D eigenvalue weighted by Gasteiger charge is -2.08. The Morgan fingerprint density at radius 3 is 2.65 bits per heavy atom. The number of hydrogen-bond donors (Lipinski definition) is 2. The number of hydrogen-bond acceptors (Lipinski definition) is 3. The fraction of sp³-hybridized carbons (Fsp3) is 0.0625. The molecule has 0 amide bonds.